The van der Waals surface area contributed by atoms with Crippen LogP contribution in [-0.4, -0.2) is 29.4 Å². The first-order valence-corrected chi connectivity index (χ1v) is 7.05. The summed E-state index contributed by atoms with van der Waals surface area (Å²) in [7, 11) is 0. The van der Waals surface area contributed by atoms with Gasteiger partial charge in [-0.2, -0.15) is 5.10 Å². The Morgan fingerprint density at radius 2 is 2.00 bits per heavy atom. The van der Waals surface area contributed by atoms with Gasteiger partial charge < -0.3 is 9.67 Å². The monoisotopic (exact) mass is 277 g/mol. The van der Waals surface area contributed by atoms with E-state index in [4.69, 9.17) is 0 Å². The Kier molecular flexibility index (Phi) is 4.54. The number of aromatic nitrogens is 5. The zero-order chi connectivity index (χ0) is 14.7. The lowest BCUT2D eigenvalue weighted by Crippen LogP contribution is -2.16. The third-order valence-electron chi connectivity index (χ3n) is 3.20. The van der Waals surface area contributed by atoms with Gasteiger partial charge in [-0.25, -0.2) is 14.6 Å². The number of rotatable bonds is 6. The topological polar surface area (TPSA) is 68.8 Å². The summed E-state index contributed by atoms with van der Waals surface area (Å²) in [6, 6.07) is 0.274. The number of nitrogens with zero attached hydrogens (tertiary/aromatic N) is 5. The largest absolute Gasteiger partial charge is 0.386 e. The van der Waals surface area contributed by atoms with Crippen LogP contribution in [0, 0.1) is 5.92 Å². The fraction of sp³-hybridized carbons (Fsp3) is 0.643. The van der Waals surface area contributed by atoms with Gasteiger partial charge in [-0.1, -0.05) is 13.8 Å². The third kappa shape index (κ3) is 3.25. The van der Waals surface area contributed by atoms with Crippen LogP contribution in [0.25, 0.3) is 0 Å². The van der Waals surface area contributed by atoms with E-state index in [1.165, 1.54) is 0 Å². The molecule has 0 saturated heterocycles. The summed E-state index contributed by atoms with van der Waals surface area (Å²) in [4.78, 5) is 8.38. The highest BCUT2D eigenvalue weighted by Crippen LogP contribution is 2.20. The Morgan fingerprint density at radius 1 is 1.25 bits per heavy atom. The summed E-state index contributed by atoms with van der Waals surface area (Å²) < 4.78 is 3.85. The van der Waals surface area contributed by atoms with Crippen molar-refractivity contribution in [3.05, 3.63) is 30.4 Å². The molecule has 0 amide bonds. The van der Waals surface area contributed by atoms with E-state index in [1.54, 1.807) is 18.9 Å². The van der Waals surface area contributed by atoms with E-state index < -0.39 is 6.10 Å². The normalized spacial score (nSPS) is 13.3. The van der Waals surface area contributed by atoms with Crippen molar-refractivity contribution in [3.63, 3.8) is 0 Å². The minimum Gasteiger partial charge on any atom is -0.386 e. The second kappa shape index (κ2) is 6.17. The second-order valence-corrected chi connectivity index (χ2v) is 5.79. The minimum atomic E-state index is -0.616. The average molecular weight is 277 g/mol. The van der Waals surface area contributed by atoms with Gasteiger partial charge >= 0.3 is 0 Å². The van der Waals surface area contributed by atoms with Gasteiger partial charge in [0.25, 0.3) is 0 Å². The molecule has 0 radical (unpaired) electrons. The molecule has 1 atom stereocenters. The van der Waals surface area contributed by atoms with Crippen LogP contribution >= 0.6 is 0 Å². The molecule has 0 aliphatic carbocycles. The molecule has 110 valence electrons. The van der Waals surface area contributed by atoms with Crippen molar-refractivity contribution < 1.29 is 5.11 Å². The standard InChI is InChI=1S/C14H23N5O/c1-10(2)7-19-14(16-8-17-19)5-13(20)12-6-15-9-18(12)11(3)4/h6,8-11,13,20H,5,7H2,1-4H3. The van der Waals surface area contributed by atoms with E-state index in [9.17, 15) is 5.11 Å². The summed E-state index contributed by atoms with van der Waals surface area (Å²) in [5.74, 6) is 1.30. The number of aliphatic hydroxyl groups excluding tert-OH is 1. The number of hydrogen-bond donors (Lipinski definition) is 1. The van der Waals surface area contributed by atoms with Gasteiger partial charge in [0.2, 0.25) is 0 Å². The third-order valence-corrected chi connectivity index (χ3v) is 3.20. The van der Waals surface area contributed by atoms with Crippen LogP contribution in [0.15, 0.2) is 18.9 Å². The van der Waals surface area contributed by atoms with Crippen molar-refractivity contribution in [3.8, 4) is 0 Å². The Morgan fingerprint density at radius 3 is 2.65 bits per heavy atom. The first-order chi connectivity index (χ1) is 9.49. The van der Waals surface area contributed by atoms with Crippen molar-refractivity contribution in [2.45, 2.75) is 52.8 Å². The van der Waals surface area contributed by atoms with Crippen LogP contribution in [0.4, 0.5) is 0 Å². The maximum absolute atomic E-state index is 10.4. The van der Waals surface area contributed by atoms with E-state index in [2.05, 4.69) is 42.8 Å². The van der Waals surface area contributed by atoms with Crippen LogP contribution in [0.1, 0.15) is 51.4 Å². The highest BCUT2D eigenvalue weighted by molar-refractivity contribution is 5.06. The van der Waals surface area contributed by atoms with Crippen LogP contribution in [-0.2, 0) is 13.0 Å². The lowest BCUT2D eigenvalue weighted by Gasteiger charge is -2.16. The second-order valence-electron chi connectivity index (χ2n) is 5.79. The molecule has 1 unspecified atom stereocenters. The van der Waals surface area contributed by atoms with Gasteiger partial charge in [0.15, 0.2) is 0 Å². The van der Waals surface area contributed by atoms with E-state index in [1.807, 2.05) is 9.25 Å². The highest BCUT2D eigenvalue weighted by Gasteiger charge is 2.18. The van der Waals surface area contributed by atoms with Gasteiger partial charge in [0.1, 0.15) is 18.3 Å². The van der Waals surface area contributed by atoms with Gasteiger partial charge in [0, 0.05) is 19.0 Å². The van der Waals surface area contributed by atoms with Crippen LogP contribution < -0.4 is 0 Å². The van der Waals surface area contributed by atoms with Gasteiger partial charge in [-0.15, -0.1) is 0 Å². The highest BCUT2D eigenvalue weighted by atomic mass is 16.3. The lowest BCUT2D eigenvalue weighted by molar-refractivity contribution is 0.162. The van der Waals surface area contributed by atoms with Crippen LogP contribution in [0.3, 0.4) is 0 Å². The quantitative estimate of drug-likeness (QED) is 0.876. The molecule has 0 saturated carbocycles. The molecule has 6 heteroatoms. The van der Waals surface area contributed by atoms with Crippen molar-refractivity contribution in [1.29, 1.82) is 0 Å². The van der Waals surface area contributed by atoms with Gasteiger partial charge in [-0.3, -0.25) is 0 Å². The Labute approximate surface area is 119 Å². The lowest BCUT2D eigenvalue weighted by atomic mass is 10.1. The smallest absolute Gasteiger partial charge is 0.138 e. The van der Waals surface area contributed by atoms with Gasteiger partial charge in [-0.05, 0) is 19.8 Å². The first kappa shape index (κ1) is 14.7. The average Bonchev–Trinajstić information content (AvgIpc) is 2.97. The Bertz CT molecular complexity index is 543. The maximum Gasteiger partial charge on any atom is 0.138 e. The molecule has 6 nitrogen and oxygen atoms in total. The molecule has 0 aliphatic rings. The molecular weight excluding hydrogens is 254 g/mol. The fourth-order valence-electron chi connectivity index (χ4n) is 2.23. The van der Waals surface area contributed by atoms with Crippen molar-refractivity contribution in [2.75, 3.05) is 0 Å². The summed E-state index contributed by atoms with van der Waals surface area (Å²) in [6.45, 7) is 9.22. The van der Waals surface area contributed by atoms with Crippen molar-refractivity contribution in [1.82, 2.24) is 24.3 Å². The Hall–Kier alpha value is -1.69. The van der Waals surface area contributed by atoms with E-state index in [-0.39, 0.29) is 6.04 Å². The summed E-state index contributed by atoms with van der Waals surface area (Å²) in [6.07, 6.45) is 4.85. The van der Waals surface area contributed by atoms with E-state index in [0.717, 1.165) is 18.1 Å². The molecule has 20 heavy (non-hydrogen) atoms. The molecule has 1 N–H and O–H groups in total. The zero-order valence-electron chi connectivity index (χ0n) is 12.6. The number of imidazole rings is 1. The van der Waals surface area contributed by atoms with Crippen LogP contribution in [0.5, 0.6) is 0 Å². The summed E-state index contributed by atoms with van der Waals surface area (Å²) in [5, 5.41) is 14.6. The first-order valence-electron chi connectivity index (χ1n) is 7.05. The molecule has 2 heterocycles. The number of hydrogen-bond acceptors (Lipinski definition) is 4. The van der Waals surface area contributed by atoms with Gasteiger partial charge in [0.05, 0.1) is 18.2 Å². The van der Waals surface area contributed by atoms with E-state index >= 15 is 0 Å². The molecule has 0 aromatic carbocycles. The molecule has 0 aliphatic heterocycles. The molecule has 2 aromatic rings. The molecule has 2 aromatic heterocycles. The van der Waals surface area contributed by atoms with Crippen LogP contribution in [0.2, 0.25) is 0 Å². The zero-order valence-corrected chi connectivity index (χ0v) is 12.6. The van der Waals surface area contributed by atoms with E-state index in [0.29, 0.717) is 12.3 Å². The molecule has 0 bridgehead atoms. The fourth-order valence-corrected chi connectivity index (χ4v) is 2.23. The molecule has 2 rings (SSSR count). The summed E-state index contributed by atoms with van der Waals surface area (Å²) in [5.41, 5.74) is 0.819. The minimum absolute atomic E-state index is 0.274. The SMILES string of the molecule is CC(C)Cn1ncnc1CC(O)c1cncn1C(C)C. The molecular formula is C14H23N5O. The number of aliphatic hydroxyl groups is 1. The van der Waals surface area contributed by atoms with Crippen molar-refractivity contribution >= 4 is 0 Å². The molecule has 0 spiro atoms. The summed E-state index contributed by atoms with van der Waals surface area (Å²) >= 11 is 0. The predicted molar refractivity (Wildman–Crippen MR) is 76.1 cm³/mol. The Balaban J connectivity index is 2.13. The molecule has 0 fully saturated rings. The predicted octanol–water partition coefficient (Wildman–Crippen LogP) is 1.99. The van der Waals surface area contributed by atoms with Crippen molar-refractivity contribution in [2.24, 2.45) is 5.92 Å². The maximum atomic E-state index is 10.4.